The normalized spacial score (nSPS) is 11.1. The Morgan fingerprint density at radius 3 is 2.70 bits per heavy atom. The highest BCUT2D eigenvalue weighted by molar-refractivity contribution is 7.99. The lowest BCUT2D eigenvalue weighted by Gasteiger charge is -2.20. The van der Waals surface area contributed by atoms with Crippen LogP contribution >= 0.6 is 46.3 Å². The highest BCUT2D eigenvalue weighted by Crippen LogP contribution is 2.33. The van der Waals surface area contributed by atoms with Crippen molar-refractivity contribution in [3.63, 3.8) is 0 Å². The van der Waals surface area contributed by atoms with Crippen LogP contribution in [0, 0.1) is 0 Å². The Morgan fingerprint density at radius 1 is 1.13 bits per heavy atom. The van der Waals surface area contributed by atoms with Gasteiger partial charge >= 0.3 is 0 Å². The van der Waals surface area contributed by atoms with E-state index in [4.69, 9.17) is 23.2 Å². The van der Waals surface area contributed by atoms with Gasteiger partial charge in [0.15, 0.2) is 5.13 Å². The summed E-state index contributed by atoms with van der Waals surface area (Å²) in [5.41, 5.74) is 0.728. The van der Waals surface area contributed by atoms with Gasteiger partial charge in [-0.1, -0.05) is 40.6 Å². The zero-order chi connectivity index (χ0) is 20.9. The number of thiazole rings is 1. The monoisotopic (exact) mass is 476 g/mol. The number of carbonyl (C=O) groups excluding carboxylic acids is 1. The Labute approximate surface area is 192 Å². The van der Waals surface area contributed by atoms with Crippen LogP contribution < -0.4 is 4.90 Å². The lowest BCUT2D eigenvalue weighted by molar-refractivity contribution is -0.118. The van der Waals surface area contributed by atoms with Crippen LogP contribution in [0.25, 0.3) is 10.2 Å². The van der Waals surface area contributed by atoms with Crippen molar-refractivity contribution in [3.8, 4) is 0 Å². The van der Waals surface area contributed by atoms with Crippen molar-refractivity contribution in [2.45, 2.75) is 17.9 Å². The molecule has 0 N–H and O–H groups in total. The molecule has 0 spiro atoms. The standard InChI is InChI=1S/C21H18Cl2N4OS2/c22-15-5-7-16(8-6-15)29-14-9-19(28)27(13-12-26-11-2-10-24-26)21-25-20-17(23)3-1-4-18(20)30-21/h1-8,10-11H,9,12-14H2. The summed E-state index contributed by atoms with van der Waals surface area (Å²) in [5.74, 6) is 0.698. The van der Waals surface area contributed by atoms with Gasteiger partial charge in [-0.3, -0.25) is 14.4 Å². The molecule has 9 heteroatoms. The van der Waals surface area contributed by atoms with E-state index in [-0.39, 0.29) is 5.91 Å². The molecule has 0 aliphatic rings. The summed E-state index contributed by atoms with van der Waals surface area (Å²) in [6.07, 6.45) is 4.01. The Balaban J connectivity index is 1.48. The maximum atomic E-state index is 13.1. The van der Waals surface area contributed by atoms with Gasteiger partial charge in [0.25, 0.3) is 0 Å². The number of nitrogens with zero attached hydrogens (tertiary/aromatic N) is 4. The van der Waals surface area contributed by atoms with Gasteiger partial charge in [-0.2, -0.15) is 5.10 Å². The van der Waals surface area contributed by atoms with Crippen LogP contribution in [-0.2, 0) is 11.3 Å². The fraction of sp³-hybridized carbons (Fsp3) is 0.190. The SMILES string of the molecule is O=C(CCSc1ccc(Cl)cc1)N(CCn1cccn1)c1nc2c(Cl)cccc2s1. The Morgan fingerprint density at radius 2 is 1.97 bits per heavy atom. The van der Waals surface area contributed by atoms with E-state index in [1.54, 1.807) is 22.9 Å². The highest BCUT2D eigenvalue weighted by Gasteiger charge is 2.20. The molecule has 0 saturated carbocycles. The van der Waals surface area contributed by atoms with Crippen molar-refractivity contribution in [2.24, 2.45) is 0 Å². The number of fused-ring (bicyclic) bond motifs is 1. The number of hydrogen-bond donors (Lipinski definition) is 0. The van der Waals surface area contributed by atoms with E-state index in [2.05, 4.69) is 10.1 Å². The van der Waals surface area contributed by atoms with Crippen LogP contribution in [0.2, 0.25) is 10.0 Å². The predicted molar refractivity (Wildman–Crippen MR) is 126 cm³/mol. The number of amides is 1. The lowest BCUT2D eigenvalue weighted by atomic mass is 10.3. The summed E-state index contributed by atoms with van der Waals surface area (Å²) < 4.78 is 2.77. The van der Waals surface area contributed by atoms with Crippen molar-refractivity contribution in [2.75, 3.05) is 17.2 Å². The van der Waals surface area contributed by atoms with Gasteiger partial charge in [-0.15, -0.1) is 11.8 Å². The molecule has 0 fully saturated rings. The summed E-state index contributed by atoms with van der Waals surface area (Å²) >= 11 is 15.3. The van der Waals surface area contributed by atoms with Gasteiger partial charge in [0.2, 0.25) is 5.91 Å². The molecule has 2 aromatic heterocycles. The second kappa shape index (κ2) is 9.83. The molecule has 0 radical (unpaired) electrons. The zero-order valence-corrected chi connectivity index (χ0v) is 19.0. The first-order chi connectivity index (χ1) is 14.6. The van der Waals surface area contributed by atoms with E-state index in [1.807, 2.05) is 59.4 Å². The summed E-state index contributed by atoms with van der Waals surface area (Å²) in [6.45, 7) is 1.08. The molecule has 154 valence electrons. The first kappa shape index (κ1) is 21.2. The van der Waals surface area contributed by atoms with Crippen LogP contribution in [0.1, 0.15) is 6.42 Å². The molecule has 0 aliphatic heterocycles. The Bertz CT molecular complexity index is 1130. The number of anilines is 1. The van der Waals surface area contributed by atoms with Crippen LogP contribution in [0.4, 0.5) is 5.13 Å². The van der Waals surface area contributed by atoms with Crippen molar-refractivity contribution in [3.05, 3.63) is 71.0 Å². The van der Waals surface area contributed by atoms with Gasteiger partial charge in [-0.05, 0) is 42.5 Å². The fourth-order valence-corrected chi connectivity index (χ4v) is 5.18. The molecule has 0 atom stereocenters. The third-order valence-corrected chi connectivity index (χ3v) is 7.01. The van der Waals surface area contributed by atoms with E-state index in [0.717, 1.165) is 15.1 Å². The van der Waals surface area contributed by atoms with Crippen LogP contribution in [-0.4, -0.2) is 33.0 Å². The minimum absolute atomic E-state index is 0.0267. The van der Waals surface area contributed by atoms with Crippen molar-refractivity contribution in [1.82, 2.24) is 14.8 Å². The predicted octanol–water partition coefficient (Wildman–Crippen LogP) is 6.02. The average molecular weight is 477 g/mol. The largest absolute Gasteiger partial charge is 0.286 e. The van der Waals surface area contributed by atoms with E-state index < -0.39 is 0 Å². The number of thioether (sulfide) groups is 1. The second-order valence-corrected chi connectivity index (χ2v) is 9.47. The number of benzene rings is 2. The number of para-hydroxylation sites is 1. The van der Waals surface area contributed by atoms with Crippen molar-refractivity contribution in [1.29, 1.82) is 0 Å². The smallest absolute Gasteiger partial charge is 0.229 e. The molecule has 0 aliphatic carbocycles. The molecule has 5 nitrogen and oxygen atoms in total. The van der Waals surface area contributed by atoms with E-state index >= 15 is 0 Å². The molecule has 4 rings (SSSR count). The van der Waals surface area contributed by atoms with E-state index in [1.165, 1.54) is 11.3 Å². The van der Waals surface area contributed by atoms with Crippen molar-refractivity contribution >= 4 is 67.6 Å². The molecule has 4 aromatic rings. The number of aromatic nitrogens is 3. The zero-order valence-electron chi connectivity index (χ0n) is 15.9. The lowest BCUT2D eigenvalue weighted by Crippen LogP contribution is -2.34. The quantitative estimate of drug-likeness (QED) is 0.292. The molecule has 0 bridgehead atoms. The molecule has 2 heterocycles. The van der Waals surface area contributed by atoms with Gasteiger partial charge in [0.05, 0.1) is 16.3 Å². The fourth-order valence-electron chi connectivity index (χ4n) is 2.90. The molecule has 0 unspecified atom stereocenters. The number of halogens is 2. The maximum Gasteiger partial charge on any atom is 0.229 e. The minimum Gasteiger partial charge on any atom is -0.286 e. The number of hydrogen-bond acceptors (Lipinski definition) is 5. The average Bonchev–Trinajstić information content (AvgIpc) is 3.40. The summed E-state index contributed by atoms with van der Waals surface area (Å²) in [4.78, 5) is 20.6. The Hall–Kier alpha value is -2.06. The molecule has 1 amide bonds. The molecule has 0 saturated heterocycles. The molecule has 2 aromatic carbocycles. The maximum absolute atomic E-state index is 13.1. The molecule has 30 heavy (non-hydrogen) atoms. The summed E-state index contributed by atoms with van der Waals surface area (Å²) in [5, 5.41) is 6.19. The van der Waals surface area contributed by atoms with Gasteiger partial charge in [-0.25, -0.2) is 4.98 Å². The van der Waals surface area contributed by atoms with Gasteiger partial charge in [0.1, 0.15) is 5.52 Å². The van der Waals surface area contributed by atoms with E-state index in [9.17, 15) is 4.79 Å². The summed E-state index contributed by atoms with van der Waals surface area (Å²) in [6, 6.07) is 15.2. The third kappa shape index (κ3) is 5.16. The molecular weight excluding hydrogens is 459 g/mol. The van der Waals surface area contributed by atoms with Gasteiger partial charge in [0, 0.05) is 41.0 Å². The number of rotatable bonds is 8. The topological polar surface area (TPSA) is 51.0 Å². The van der Waals surface area contributed by atoms with Crippen LogP contribution in [0.15, 0.2) is 65.8 Å². The minimum atomic E-state index is 0.0267. The third-order valence-electron chi connectivity index (χ3n) is 4.40. The first-order valence-corrected chi connectivity index (χ1v) is 11.9. The van der Waals surface area contributed by atoms with Gasteiger partial charge < -0.3 is 0 Å². The van der Waals surface area contributed by atoms with E-state index in [0.29, 0.717) is 40.4 Å². The molecular formula is C21H18Cl2N4OS2. The number of carbonyl (C=O) groups is 1. The Kier molecular flexibility index (Phi) is 6.94. The van der Waals surface area contributed by atoms with Crippen molar-refractivity contribution < 1.29 is 4.79 Å². The highest BCUT2D eigenvalue weighted by atomic mass is 35.5. The summed E-state index contributed by atoms with van der Waals surface area (Å²) in [7, 11) is 0. The second-order valence-electron chi connectivity index (χ2n) is 6.45. The first-order valence-electron chi connectivity index (χ1n) is 9.31. The van der Waals surface area contributed by atoms with Crippen LogP contribution in [0.3, 0.4) is 0 Å². The van der Waals surface area contributed by atoms with Crippen LogP contribution in [0.5, 0.6) is 0 Å².